The van der Waals surface area contributed by atoms with Gasteiger partial charge in [0.1, 0.15) is 0 Å². The van der Waals surface area contributed by atoms with Crippen LogP contribution in [0.5, 0.6) is 0 Å². The van der Waals surface area contributed by atoms with Crippen LogP contribution in [0.25, 0.3) is 0 Å². The molecule has 0 fully saturated rings. The van der Waals surface area contributed by atoms with E-state index in [0.29, 0.717) is 0 Å². The molecule has 0 saturated heterocycles. The van der Waals surface area contributed by atoms with E-state index >= 15 is 0 Å². The van der Waals surface area contributed by atoms with Crippen molar-refractivity contribution >= 4 is 9.04 Å². The van der Waals surface area contributed by atoms with Gasteiger partial charge in [-0.05, 0) is 19.5 Å². The Labute approximate surface area is 58.9 Å². The molecule has 3 heteroatoms. The topological polar surface area (TPSA) is 18.5 Å². The van der Waals surface area contributed by atoms with Gasteiger partial charge in [0.15, 0.2) is 9.04 Å². The SMILES string of the molecule is COCCCO[SiH](C)C. The molecule has 9 heavy (non-hydrogen) atoms. The van der Waals surface area contributed by atoms with Crippen LogP contribution in [-0.2, 0) is 9.16 Å². The highest BCUT2D eigenvalue weighted by molar-refractivity contribution is 6.48. The summed E-state index contributed by atoms with van der Waals surface area (Å²) in [6.07, 6.45) is 1.03. The Bertz CT molecular complexity index is 57.0. The minimum atomic E-state index is -0.769. The monoisotopic (exact) mass is 148 g/mol. The van der Waals surface area contributed by atoms with E-state index in [0.717, 1.165) is 19.6 Å². The van der Waals surface area contributed by atoms with E-state index in [-0.39, 0.29) is 0 Å². The Morgan fingerprint density at radius 3 is 2.33 bits per heavy atom. The highest BCUT2D eigenvalue weighted by Gasteiger charge is 1.92. The fourth-order valence-corrected chi connectivity index (χ4v) is 1.16. The van der Waals surface area contributed by atoms with Crippen molar-refractivity contribution in [1.82, 2.24) is 0 Å². The van der Waals surface area contributed by atoms with Gasteiger partial charge in [0.25, 0.3) is 0 Å². The molecule has 0 aromatic carbocycles. The van der Waals surface area contributed by atoms with Gasteiger partial charge in [-0.1, -0.05) is 0 Å². The third kappa shape index (κ3) is 8.14. The Morgan fingerprint density at radius 2 is 1.89 bits per heavy atom. The van der Waals surface area contributed by atoms with Crippen LogP contribution in [0.1, 0.15) is 6.42 Å². The zero-order valence-electron chi connectivity index (χ0n) is 6.52. The zero-order chi connectivity index (χ0) is 7.11. The number of ether oxygens (including phenoxy) is 1. The predicted octanol–water partition coefficient (Wildman–Crippen LogP) is 1.02. The third-order valence-electron chi connectivity index (χ3n) is 0.944. The van der Waals surface area contributed by atoms with Crippen molar-refractivity contribution in [2.24, 2.45) is 0 Å². The van der Waals surface area contributed by atoms with Gasteiger partial charge >= 0.3 is 0 Å². The molecule has 2 nitrogen and oxygen atoms in total. The van der Waals surface area contributed by atoms with Crippen LogP contribution in [0.15, 0.2) is 0 Å². The molecule has 0 heterocycles. The fourth-order valence-electron chi connectivity index (χ4n) is 0.522. The summed E-state index contributed by atoms with van der Waals surface area (Å²) < 4.78 is 10.3. The minimum Gasteiger partial charge on any atom is -0.420 e. The Balaban J connectivity index is 2.75. The lowest BCUT2D eigenvalue weighted by Crippen LogP contribution is -2.09. The first-order chi connectivity index (χ1) is 4.27. The van der Waals surface area contributed by atoms with Crippen molar-refractivity contribution in [3.05, 3.63) is 0 Å². The molecule has 0 spiro atoms. The molecule has 0 saturated carbocycles. The first kappa shape index (κ1) is 9.14. The Hall–Kier alpha value is 0.137. The van der Waals surface area contributed by atoms with Crippen LogP contribution < -0.4 is 0 Å². The maximum atomic E-state index is 5.40. The largest absolute Gasteiger partial charge is 0.420 e. The van der Waals surface area contributed by atoms with E-state index in [1.807, 2.05) is 0 Å². The molecular weight excluding hydrogens is 132 g/mol. The first-order valence-corrected chi connectivity index (χ1v) is 6.16. The quantitative estimate of drug-likeness (QED) is 0.428. The molecule has 0 amide bonds. The molecule has 0 rings (SSSR count). The van der Waals surface area contributed by atoms with Crippen molar-refractivity contribution in [3.8, 4) is 0 Å². The van der Waals surface area contributed by atoms with Gasteiger partial charge < -0.3 is 9.16 Å². The van der Waals surface area contributed by atoms with Gasteiger partial charge in [-0.3, -0.25) is 0 Å². The lowest BCUT2D eigenvalue weighted by molar-refractivity contribution is 0.172. The first-order valence-electron chi connectivity index (χ1n) is 3.38. The van der Waals surface area contributed by atoms with Gasteiger partial charge in [-0.2, -0.15) is 0 Å². The summed E-state index contributed by atoms with van der Waals surface area (Å²) in [5.74, 6) is 0. The minimum absolute atomic E-state index is 0.769. The van der Waals surface area contributed by atoms with E-state index in [9.17, 15) is 0 Å². The second kappa shape index (κ2) is 6.26. The summed E-state index contributed by atoms with van der Waals surface area (Å²) in [7, 11) is 0.946. The van der Waals surface area contributed by atoms with E-state index in [1.54, 1.807) is 7.11 Å². The molecule has 0 N–H and O–H groups in total. The molecular formula is C6H16O2Si. The van der Waals surface area contributed by atoms with Crippen LogP contribution in [0, 0.1) is 0 Å². The molecule has 0 aliphatic heterocycles. The summed E-state index contributed by atoms with van der Waals surface area (Å²) >= 11 is 0. The lowest BCUT2D eigenvalue weighted by atomic mass is 10.5. The van der Waals surface area contributed by atoms with E-state index in [4.69, 9.17) is 9.16 Å². The maximum absolute atomic E-state index is 5.40. The molecule has 0 aromatic heterocycles. The fraction of sp³-hybridized carbons (Fsp3) is 1.00. The number of hydrogen-bond acceptors (Lipinski definition) is 2. The second-order valence-electron chi connectivity index (χ2n) is 2.27. The van der Waals surface area contributed by atoms with Crippen LogP contribution in [-0.4, -0.2) is 29.4 Å². The average molecular weight is 148 g/mol. The van der Waals surface area contributed by atoms with Crippen molar-refractivity contribution in [2.45, 2.75) is 19.5 Å². The molecule has 0 aliphatic rings. The number of rotatable bonds is 5. The van der Waals surface area contributed by atoms with Gasteiger partial charge in [0.05, 0.1) is 0 Å². The Kier molecular flexibility index (Phi) is 6.35. The number of methoxy groups -OCH3 is 1. The molecule has 56 valence electrons. The van der Waals surface area contributed by atoms with Crippen molar-refractivity contribution in [2.75, 3.05) is 20.3 Å². The summed E-state index contributed by atoms with van der Waals surface area (Å²) in [4.78, 5) is 0. The standard InChI is InChI=1S/C6H16O2Si/c1-7-5-4-6-8-9(2)3/h9H,4-6H2,1-3H3. The third-order valence-corrected chi connectivity index (χ3v) is 1.85. The average Bonchev–Trinajstić information content (AvgIpc) is 1.80. The predicted molar refractivity (Wildman–Crippen MR) is 41.3 cm³/mol. The molecule has 0 aromatic rings. The molecule has 0 atom stereocenters. The van der Waals surface area contributed by atoms with E-state index < -0.39 is 9.04 Å². The van der Waals surface area contributed by atoms with Crippen molar-refractivity contribution in [1.29, 1.82) is 0 Å². The summed E-state index contributed by atoms with van der Waals surface area (Å²) in [5.41, 5.74) is 0. The van der Waals surface area contributed by atoms with Gasteiger partial charge in [-0.15, -0.1) is 0 Å². The highest BCUT2D eigenvalue weighted by atomic mass is 28.3. The maximum Gasteiger partial charge on any atom is 0.170 e. The van der Waals surface area contributed by atoms with Gasteiger partial charge in [0.2, 0.25) is 0 Å². The molecule has 0 unspecified atom stereocenters. The van der Waals surface area contributed by atoms with Crippen LogP contribution in [0.2, 0.25) is 13.1 Å². The second-order valence-corrected chi connectivity index (χ2v) is 4.70. The van der Waals surface area contributed by atoms with E-state index in [1.165, 1.54) is 0 Å². The summed E-state index contributed by atoms with van der Waals surface area (Å²) in [5, 5.41) is 0. The van der Waals surface area contributed by atoms with Crippen molar-refractivity contribution < 1.29 is 9.16 Å². The molecule has 0 aliphatic carbocycles. The smallest absolute Gasteiger partial charge is 0.170 e. The normalized spacial score (nSPS) is 10.7. The van der Waals surface area contributed by atoms with Crippen LogP contribution in [0.3, 0.4) is 0 Å². The summed E-state index contributed by atoms with van der Waals surface area (Å²) in [6, 6.07) is 0. The Morgan fingerprint density at radius 1 is 1.22 bits per heavy atom. The van der Waals surface area contributed by atoms with Gasteiger partial charge in [-0.25, -0.2) is 0 Å². The van der Waals surface area contributed by atoms with Gasteiger partial charge in [0, 0.05) is 20.3 Å². The van der Waals surface area contributed by atoms with Crippen LogP contribution >= 0.6 is 0 Å². The van der Waals surface area contributed by atoms with E-state index in [2.05, 4.69) is 13.1 Å². The zero-order valence-corrected chi connectivity index (χ0v) is 7.67. The summed E-state index contributed by atoms with van der Waals surface area (Å²) in [6.45, 7) is 6.04. The molecule has 0 bridgehead atoms. The van der Waals surface area contributed by atoms with Crippen LogP contribution in [0.4, 0.5) is 0 Å². The van der Waals surface area contributed by atoms with Crippen molar-refractivity contribution in [3.63, 3.8) is 0 Å². The molecule has 0 radical (unpaired) electrons. The highest BCUT2D eigenvalue weighted by Crippen LogP contribution is 1.87. The number of hydrogen-bond donors (Lipinski definition) is 0. The lowest BCUT2D eigenvalue weighted by Gasteiger charge is -2.04.